The second-order valence-electron chi connectivity index (χ2n) is 5.50. The average Bonchev–Trinajstić information content (AvgIpc) is 3.17. The van der Waals surface area contributed by atoms with Gasteiger partial charge in [-0.15, -0.1) is 0 Å². The smallest absolute Gasteiger partial charge is 0.125 e. The van der Waals surface area contributed by atoms with Gasteiger partial charge in [-0.2, -0.15) is 0 Å². The molecule has 1 aromatic carbocycles. The summed E-state index contributed by atoms with van der Waals surface area (Å²) < 4.78 is 5.51. The van der Waals surface area contributed by atoms with Crippen molar-refractivity contribution >= 4 is 0 Å². The largest absolute Gasteiger partial charge is 0.496 e. The van der Waals surface area contributed by atoms with Crippen molar-refractivity contribution in [2.45, 2.75) is 39.2 Å². The molecule has 1 aromatic rings. The molecule has 0 aliphatic heterocycles. The highest BCUT2D eigenvalue weighted by Gasteiger charge is 2.19. The van der Waals surface area contributed by atoms with Crippen molar-refractivity contribution in [1.82, 2.24) is 10.6 Å². The Kier molecular flexibility index (Phi) is 5.23. The van der Waals surface area contributed by atoms with Crippen molar-refractivity contribution in [3.63, 3.8) is 0 Å². The lowest BCUT2D eigenvalue weighted by atomic mass is 10.0. The Morgan fingerprint density at radius 3 is 2.63 bits per heavy atom. The first kappa shape index (κ1) is 14.4. The predicted molar refractivity (Wildman–Crippen MR) is 80.1 cm³/mol. The fourth-order valence-electron chi connectivity index (χ4n) is 2.52. The van der Waals surface area contributed by atoms with Crippen LogP contribution in [0.5, 0.6) is 5.75 Å². The Labute approximate surface area is 116 Å². The van der Waals surface area contributed by atoms with Gasteiger partial charge in [0, 0.05) is 19.1 Å². The third-order valence-corrected chi connectivity index (χ3v) is 3.58. The molecule has 0 saturated heterocycles. The molecule has 2 rings (SSSR count). The molecule has 0 aromatic heterocycles. The summed E-state index contributed by atoms with van der Waals surface area (Å²) in [7, 11) is 1.76. The van der Waals surface area contributed by atoms with Crippen LogP contribution in [0.2, 0.25) is 0 Å². The molecule has 0 unspecified atom stereocenters. The second kappa shape index (κ2) is 6.92. The number of benzene rings is 1. The van der Waals surface area contributed by atoms with Crippen molar-refractivity contribution in [2.75, 3.05) is 26.7 Å². The van der Waals surface area contributed by atoms with E-state index in [4.69, 9.17) is 4.74 Å². The maximum Gasteiger partial charge on any atom is 0.125 e. The minimum absolute atomic E-state index is 0.807. The quantitative estimate of drug-likeness (QED) is 0.705. The Morgan fingerprint density at radius 2 is 1.95 bits per heavy atom. The van der Waals surface area contributed by atoms with Gasteiger partial charge < -0.3 is 15.4 Å². The van der Waals surface area contributed by atoms with E-state index in [0.29, 0.717) is 0 Å². The van der Waals surface area contributed by atoms with E-state index in [-0.39, 0.29) is 0 Å². The summed E-state index contributed by atoms with van der Waals surface area (Å²) in [4.78, 5) is 0. The van der Waals surface area contributed by atoms with Crippen LogP contribution in [0, 0.1) is 13.8 Å². The normalized spacial score (nSPS) is 14.7. The van der Waals surface area contributed by atoms with E-state index in [1.165, 1.54) is 29.5 Å². The molecule has 0 radical (unpaired) electrons. The van der Waals surface area contributed by atoms with Crippen LogP contribution in [0.4, 0.5) is 0 Å². The van der Waals surface area contributed by atoms with Crippen molar-refractivity contribution in [2.24, 2.45) is 0 Å². The zero-order valence-corrected chi connectivity index (χ0v) is 12.4. The molecular weight excluding hydrogens is 236 g/mol. The Bertz CT molecular complexity index is 413. The highest BCUT2D eigenvalue weighted by molar-refractivity contribution is 5.43. The van der Waals surface area contributed by atoms with Crippen molar-refractivity contribution in [3.05, 3.63) is 28.8 Å². The van der Waals surface area contributed by atoms with Crippen LogP contribution in [0.25, 0.3) is 0 Å². The van der Waals surface area contributed by atoms with Crippen LogP contribution in [-0.2, 0) is 6.42 Å². The Morgan fingerprint density at radius 1 is 1.16 bits per heavy atom. The van der Waals surface area contributed by atoms with Gasteiger partial charge in [0.15, 0.2) is 0 Å². The topological polar surface area (TPSA) is 33.3 Å². The Balaban J connectivity index is 1.74. The summed E-state index contributed by atoms with van der Waals surface area (Å²) >= 11 is 0. The van der Waals surface area contributed by atoms with Crippen LogP contribution in [0.1, 0.15) is 29.5 Å². The maximum atomic E-state index is 5.51. The van der Waals surface area contributed by atoms with E-state index < -0.39 is 0 Å². The molecule has 0 atom stereocenters. The molecule has 1 aliphatic rings. The lowest BCUT2D eigenvalue weighted by Crippen LogP contribution is -2.29. The van der Waals surface area contributed by atoms with E-state index in [1.54, 1.807) is 7.11 Å². The van der Waals surface area contributed by atoms with Gasteiger partial charge in [0.1, 0.15) is 5.75 Å². The molecule has 0 spiro atoms. The zero-order valence-electron chi connectivity index (χ0n) is 12.4. The molecule has 2 N–H and O–H groups in total. The van der Waals surface area contributed by atoms with E-state index in [2.05, 4.69) is 36.6 Å². The number of aryl methyl sites for hydroxylation is 2. The molecule has 3 heteroatoms. The number of hydrogen-bond donors (Lipinski definition) is 2. The molecule has 106 valence electrons. The van der Waals surface area contributed by atoms with E-state index in [9.17, 15) is 0 Å². The fourth-order valence-corrected chi connectivity index (χ4v) is 2.52. The minimum Gasteiger partial charge on any atom is -0.496 e. The van der Waals surface area contributed by atoms with Gasteiger partial charge in [0.05, 0.1) is 7.11 Å². The first-order valence-electron chi connectivity index (χ1n) is 7.29. The summed E-state index contributed by atoms with van der Waals surface area (Å²) in [6, 6.07) is 5.21. The van der Waals surface area contributed by atoms with Gasteiger partial charge in [-0.3, -0.25) is 0 Å². The highest BCUT2D eigenvalue weighted by Crippen LogP contribution is 2.25. The van der Waals surface area contributed by atoms with Gasteiger partial charge in [0.2, 0.25) is 0 Å². The summed E-state index contributed by atoms with van der Waals surface area (Å²) in [6.45, 7) is 7.38. The van der Waals surface area contributed by atoms with Gasteiger partial charge in [-0.1, -0.05) is 17.7 Å². The van der Waals surface area contributed by atoms with Crippen LogP contribution < -0.4 is 15.4 Å². The summed E-state index contributed by atoms with van der Waals surface area (Å²) in [5.41, 5.74) is 3.85. The number of rotatable bonds is 8. The molecule has 0 bridgehead atoms. The van der Waals surface area contributed by atoms with Gasteiger partial charge >= 0.3 is 0 Å². The molecule has 0 heterocycles. The lowest BCUT2D eigenvalue weighted by molar-refractivity contribution is 0.406. The van der Waals surface area contributed by atoms with Crippen molar-refractivity contribution < 1.29 is 4.74 Å². The SMILES string of the molecule is COc1c(C)cc(C)cc1CCNCCNC1CC1. The predicted octanol–water partition coefficient (Wildman–Crippen LogP) is 2.20. The average molecular weight is 262 g/mol. The summed E-state index contributed by atoms with van der Waals surface area (Å²) in [5, 5.41) is 7.00. The summed E-state index contributed by atoms with van der Waals surface area (Å²) in [5.74, 6) is 1.04. The Hall–Kier alpha value is -1.06. The highest BCUT2D eigenvalue weighted by atomic mass is 16.5. The monoisotopic (exact) mass is 262 g/mol. The second-order valence-corrected chi connectivity index (χ2v) is 5.50. The van der Waals surface area contributed by atoms with Crippen molar-refractivity contribution in [3.8, 4) is 5.75 Å². The molecule has 1 fully saturated rings. The zero-order chi connectivity index (χ0) is 13.7. The van der Waals surface area contributed by atoms with Crippen LogP contribution in [0.3, 0.4) is 0 Å². The lowest BCUT2D eigenvalue weighted by Gasteiger charge is -2.13. The van der Waals surface area contributed by atoms with Gasteiger partial charge in [-0.05, 0) is 50.8 Å². The minimum atomic E-state index is 0.807. The summed E-state index contributed by atoms with van der Waals surface area (Å²) in [6.07, 6.45) is 3.74. The van der Waals surface area contributed by atoms with E-state index in [0.717, 1.165) is 37.8 Å². The van der Waals surface area contributed by atoms with E-state index >= 15 is 0 Å². The fraction of sp³-hybridized carbons (Fsp3) is 0.625. The van der Waals surface area contributed by atoms with Crippen LogP contribution in [0.15, 0.2) is 12.1 Å². The van der Waals surface area contributed by atoms with Gasteiger partial charge in [-0.25, -0.2) is 0 Å². The molecule has 1 aliphatic carbocycles. The first-order valence-corrected chi connectivity index (χ1v) is 7.29. The third kappa shape index (κ3) is 4.51. The third-order valence-electron chi connectivity index (χ3n) is 3.58. The standard InChI is InChI=1S/C16H26N2O/c1-12-10-13(2)16(19-3)14(11-12)6-7-17-8-9-18-15-4-5-15/h10-11,15,17-18H,4-9H2,1-3H3. The first-order chi connectivity index (χ1) is 9.20. The van der Waals surface area contributed by atoms with E-state index in [1.807, 2.05) is 0 Å². The molecule has 3 nitrogen and oxygen atoms in total. The number of nitrogens with one attached hydrogen (secondary N) is 2. The number of ether oxygens (including phenoxy) is 1. The molecule has 19 heavy (non-hydrogen) atoms. The number of hydrogen-bond acceptors (Lipinski definition) is 3. The van der Waals surface area contributed by atoms with Crippen molar-refractivity contribution in [1.29, 1.82) is 0 Å². The number of methoxy groups -OCH3 is 1. The molecule has 1 saturated carbocycles. The molecule has 0 amide bonds. The van der Waals surface area contributed by atoms with Crippen LogP contribution >= 0.6 is 0 Å². The molecular formula is C16H26N2O. The van der Waals surface area contributed by atoms with Gasteiger partial charge in [0.25, 0.3) is 0 Å². The maximum absolute atomic E-state index is 5.51. The van der Waals surface area contributed by atoms with Crippen LogP contribution in [-0.4, -0.2) is 32.8 Å².